The molecule has 1 fully saturated rings. The second kappa shape index (κ2) is 9.95. The monoisotopic (exact) mass is 567 g/mol. The highest BCUT2D eigenvalue weighted by atomic mass is 127. The van der Waals surface area contributed by atoms with Crippen LogP contribution in [-0.2, 0) is 0 Å². The number of carbonyl (C=O) groups excluding carboxylic acids is 1. The summed E-state index contributed by atoms with van der Waals surface area (Å²) in [5.74, 6) is 0.419. The summed E-state index contributed by atoms with van der Waals surface area (Å²) in [5.41, 5.74) is 4.41. The molecule has 2 heterocycles. The first-order valence-corrected chi connectivity index (χ1v) is 12.1. The molecule has 0 spiro atoms. The molecule has 1 aliphatic carbocycles. The Hall–Kier alpha value is -3.23. The summed E-state index contributed by atoms with van der Waals surface area (Å²) < 4.78 is 2.76. The number of allylic oxidation sites excluding steroid dienone is 5. The van der Waals surface area contributed by atoms with E-state index in [4.69, 9.17) is 10.4 Å². The average Bonchev–Trinajstić information content (AvgIpc) is 3.38. The molecule has 0 saturated carbocycles. The van der Waals surface area contributed by atoms with Crippen LogP contribution in [0.1, 0.15) is 28.2 Å². The summed E-state index contributed by atoms with van der Waals surface area (Å²) in [7, 11) is 3.84. The van der Waals surface area contributed by atoms with E-state index in [9.17, 15) is 10.1 Å². The molecule has 34 heavy (non-hydrogen) atoms. The van der Waals surface area contributed by atoms with Gasteiger partial charge in [0.2, 0.25) is 0 Å². The number of nitrogens with zero attached hydrogens (tertiary/aromatic N) is 4. The zero-order chi connectivity index (χ0) is 24.4. The minimum Gasteiger partial charge on any atom is -0.393 e. The van der Waals surface area contributed by atoms with Crippen LogP contribution in [-0.4, -0.2) is 59.3 Å². The van der Waals surface area contributed by atoms with Gasteiger partial charge in [-0.25, -0.2) is 4.98 Å². The van der Waals surface area contributed by atoms with E-state index in [2.05, 4.69) is 44.2 Å². The van der Waals surface area contributed by atoms with E-state index in [1.54, 1.807) is 25.4 Å². The largest absolute Gasteiger partial charge is 0.393 e. The van der Waals surface area contributed by atoms with Crippen molar-refractivity contribution >= 4 is 39.9 Å². The minimum atomic E-state index is -0.194. The van der Waals surface area contributed by atoms with Crippen LogP contribution in [0, 0.1) is 27.2 Å². The SMILES string of the molecule is CN/C=C1/C=C(n2c(-c3ccc(C#N)c(I)c3)nc(C(=O)N[C@@H]3CCN(C)C3)c2C)C=CC1=N. The molecule has 3 N–H and O–H groups in total. The number of likely N-dealkylation sites (tertiary alicyclic amines) is 1. The van der Waals surface area contributed by atoms with Crippen molar-refractivity contribution in [1.29, 1.82) is 10.7 Å². The zero-order valence-electron chi connectivity index (χ0n) is 19.3. The summed E-state index contributed by atoms with van der Waals surface area (Å²) in [6, 6.07) is 7.82. The van der Waals surface area contributed by atoms with Gasteiger partial charge in [0.25, 0.3) is 5.91 Å². The van der Waals surface area contributed by atoms with Gasteiger partial charge in [-0.1, -0.05) is 0 Å². The van der Waals surface area contributed by atoms with E-state index >= 15 is 0 Å². The topological polar surface area (TPSA) is 110 Å². The molecule has 4 rings (SSSR count). The molecule has 1 aromatic heterocycles. The van der Waals surface area contributed by atoms with Crippen molar-refractivity contribution in [3.05, 3.63) is 68.7 Å². The molecule has 8 nitrogen and oxygen atoms in total. The first-order valence-electron chi connectivity index (χ1n) is 11.0. The Balaban J connectivity index is 1.83. The third kappa shape index (κ3) is 4.69. The molecule has 1 saturated heterocycles. The highest BCUT2D eigenvalue weighted by Gasteiger charge is 2.27. The van der Waals surface area contributed by atoms with E-state index in [1.165, 1.54) is 0 Å². The number of aromatic nitrogens is 2. The number of benzene rings is 1. The van der Waals surface area contributed by atoms with Crippen molar-refractivity contribution in [3.8, 4) is 17.5 Å². The van der Waals surface area contributed by atoms with Crippen LogP contribution in [0.3, 0.4) is 0 Å². The Morgan fingerprint density at radius 3 is 2.82 bits per heavy atom. The third-order valence-corrected chi connectivity index (χ3v) is 6.88. The summed E-state index contributed by atoms with van der Waals surface area (Å²) in [6.45, 7) is 3.66. The number of likely N-dealkylation sites (N-methyl/N-ethyl adjacent to an activating group) is 1. The lowest BCUT2D eigenvalue weighted by molar-refractivity contribution is 0.0933. The van der Waals surface area contributed by atoms with Crippen molar-refractivity contribution in [2.45, 2.75) is 19.4 Å². The highest BCUT2D eigenvalue weighted by molar-refractivity contribution is 14.1. The number of rotatable bonds is 5. The molecule has 2 aromatic rings. The van der Waals surface area contributed by atoms with Crippen LogP contribution in [0.2, 0.25) is 0 Å². The fourth-order valence-corrected chi connectivity index (χ4v) is 4.88. The van der Waals surface area contributed by atoms with Crippen LogP contribution in [0.4, 0.5) is 0 Å². The standard InChI is InChI=1S/C25H26IN7O/c1-15-23(25(34)30-19-8-9-32(3)14-19)31-24(16-4-5-17(12-27)21(26)11-16)33(15)20-6-7-22(28)18(10-20)13-29-2/h4-7,10-11,13,19,28-29H,8-9,14H2,1-3H3,(H,30,34)/b18-13-,28-22?/t19-/m1/s1. The van der Waals surface area contributed by atoms with E-state index in [1.807, 2.05) is 42.8 Å². The van der Waals surface area contributed by atoms with Gasteiger partial charge in [-0.05, 0) is 86.0 Å². The number of amides is 1. The van der Waals surface area contributed by atoms with Crippen molar-refractivity contribution in [1.82, 2.24) is 25.1 Å². The molecule has 9 heteroatoms. The summed E-state index contributed by atoms with van der Waals surface area (Å²) in [4.78, 5) is 20.2. The van der Waals surface area contributed by atoms with Crippen molar-refractivity contribution in [2.24, 2.45) is 0 Å². The number of hydrogen-bond acceptors (Lipinski definition) is 6. The number of hydrogen-bond donors (Lipinski definition) is 3. The molecule has 0 bridgehead atoms. The van der Waals surface area contributed by atoms with E-state index in [0.717, 1.165) is 39.9 Å². The number of halogens is 1. The van der Waals surface area contributed by atoms with Crippen LogP contribution >= 0.6 is 22.6 Å². The van der Waals surface area contributed by atoms with Crippen LogP contribution in [0.15, 0.2) is 48.2 Å². The predicted octanol–water partition coefficient (Wildman–Crippen LogP) is 3.30. The van der Waals surface area contributed by atoms with Crippen LogP contribution < -0.4 is 10.6 Å². The first kappa shape index (κ1) is 23.9. The maximum atomic E-state index is 13.3. The Kier molecular flexibility index (Phi) is 7.00. The van der Waals surface area contributed by atoms with E-state index < -0.39 is 0 Å². The lowest BCUT2D eigenvalue weighted by Gasteiger charge is -2.16. The van der Waals surface area contributed by atoms with Gasteiger partial charge in [0.1, 0.15) is 17.6 Å². The first-order chi connectivity index (χ1) is 16.3. The second-order valence-corrected chi connectivity index (χ2v) is 9.60. The van der Waals surface area contributed by atoms with Gasteiger partial charge in [-0.2, -0.15) is 5.26 Å². The summed E-state index contributed by atoms with van der Waals surface area (Å²) in [6.07, 6.45) is 8.18. The van der Waals surface area contributed by atoms with Gasteiger partial charge in [0, 0.05) is 46.2 Å². The Bertz CT molecular complexity index is 1300. The fraction of sp³-hybridized carbons (Fsp3) is 0.280. The maximum Gasteiger partial charge on any atom is 0.272 e. The Morgan fingerprint density at radius 1 is 1.38 bits per heavy atom. The quantitative estimate of drug-likeness (QED) is 0.481. The highest BCUT2D eigenvalue weighted by Crippen LogP contribution is 2.30. The van der Waals surface area contributed by atoms with Gasteiger partial charge in [0.05, 0.1) is 17.0 Å². The smallest absolute Gasteiger partial charge is 0.272 e. The molecular weight excluding hydrogens is 541 g/mol. The van der Waals surface area contributed by atoms with Crippen molar-refractivity contribution < 1.29 is 4.79 Å². The number of imidazole rings is 1. The zero-order valence-corrected chi connectivity index (χ0v) is 21.5. The number of nitrogens with one attached hydrogen (secondary N) is 3. The molecule has 0 radical (unpaired) electrons. The van der Waals surface area contributed by atoms with Crippen LogP contribution in [0.5, 0.6) is 0 Å². The molecule has 2 aliphatic rings. The summed E-state index contributed by atoms with van der Waals surface area (Å²) >= 11 is 2.14. The summed E-state index contributed by atoms with van der Waals surface area (Å²) in [5, 5.41) is 23.6. The molecular formula is C25H26IN7O. The van der Waals surface area contributed by atoms with E-state index in [-0.39, 0.29) is 11.9 Å². The number of nitriles is 1. The van der Waals surface area contributed by atoms with Crippen molar-refractivity contribution in [2.75, 3.05) is 27.2 Å². The molecule has 1 aliphatic heterocycles. The fourth-order valence-electron chi connectivity index (χ4n) is 4.24. The van der Waals surface area contributed by atoms with Gasteiger partial charge in [-0.15, -0.1) is 0 Å². The van der Waals surface area contributed by atoms with Gasteiger partial charge in [0.15, 0.2) is 0 Å². The minimum absolute atomic E-state index is 0.0980. The second-order valence-electron chi connectivity index (χ2n) is 8.44. The number of carbonyl (C=O) groups is 1. The van der Waals surface area contributed by atoms with Crippen LogP contribution in [0.25, 0.3) is 17.1 Å². The molecule has 1 atom stereocenters. The predicted molar refractivity (Wildman–Crippen MR) is 141 cm³/mol. The maximum absolute atomic E-state index is 13.3. The van der Waals surface area contributed by atoms with E-state index in [0.29, 0.717) is 28.5 Å². The Morgan fingerprint density at radius 2 is 2.18 bits per heavy atom. The average molecular weight is 567 g/mol. The normalized spacial score (nSPS) is 19.3. The molecule has 1 aromatic carbocycles. The van der Waals surface area contributed by atoms with Gasteiger partial charge >= 0.3 is 0 Å². The van der Waals surface area contributed by atoms with Gasteiger partial charge < -0.3 is 20.9 Å². The molecule has 174 valence electrons. The third-order valence-electron chi connectivity index (χ3n) is 5.99. The Labute approximate surface area is 212 Å². The van der Waals surface area contributed by atoms with Gasteiger partial charge in [-0.3, -0.25) is 9.36 Å². The lowest BCUT2D eigenvalue weighted by Crippen LogP contribution is -2.37. The van der Waals surface area contributed by atoms with Crippen molar-refractivity contribution in [3.63, 3.8) is 0 Å². The molecule has 0 unspecified atom stereocenters. The lowest BCUT2D eigenvalue weighted by atomic mass is 10.0. The molecule has 1 amide bonds.